The Hall–Kier alpha value is -2.03. The van der Waals surface area contributed by atoms with Gasteiger partial charge in [-0.2, -0.15) is 8.78 Å². The lowest BCUT2D eigenvalue weighted by molar-refractivity contribution is -0.385. The number of carbonyl (C=O) groups excluding carboxylic acids is 1. The van der Waals surface area contributed by atoms with Crippen molar-refractivity contribution >= 4 is 29.0 Å². The van der Waals surface area contributed by atoms with E-state index in [9.17, 15) is 23.7 Å². The summed E-state index contributed by atoms with van der Waals surface area (Å²) in [7, 11) is 0. The Balaban J connectivity index is 1.98. The van der Waals surface area contributed by atoms with Crippen molar-refractivity contribution in [3.63, 3.8) is 0 Å². The summed E-state index contributed by atoms with van der Waals surface area (Å²) in [5, 5.41) is 6.63. The minimum atomic E-state index is -3.90. The first-order chi connectivity index (χ1) is 9.79. The number of carbonyl (C=O) groups is 1. The van der Waals surface area contributed by atoms with E-state index in [1.165, 1.54) is 12.1 Å². The first-order valence-electron chi connectivity index (χ1n) is 6.00. The van der Waals surface area contributed by atoms with E-state index < -0.39 is 16.2 Å². The van der Waals surface area contributed by atoms with Gasteiger partial charge in [0.15, 0.2) is 0 Å². The molecule has 0 unspecified atom stereocenters. The van der Waals surface area contributed by atoms with Gasteiger partial charge in [0.25, 0.3) is 5.69 Å². The largest absolute Gasteiger partial charge is 0.399 e. The number of hydrogen-bond donors (Lipinski definition) is 0. The van der Waals surface area contributed by atoms with Crippen LogP contribution in [-0.4, -0.2) is 52.3 Å². The van der Waals surface area contributed by atoms with E-state index in [0.717, 1.165) is 11.1 Å². The highest BCUT2D eigenvalue weighted by Crippen LogP contribution is 2.23. The summed E-state index contributed by atoms with van der Waals surface area (Å²) >= 11 is 4.70. The summed E-state index contributed by atoms with van der Waals surface area (Å²) in [5.41, 5.74) is -0.130. The van der Waals surface area contributed by atoms with Crippen molar-refractivity contribution in [3.05, 3.63) is 28.4 Å². The SMILES string of the molecule is O=C(N1CCN(c2ccc([N+](=O)[O-])cn2)CC1)C(F)(F)Cl. The van der Waals surface area contributed by atoms with Gasteiger partial charge in [-0.15, -0.1) is 0 Å². The van der Waals surface area contributed by atoms with Crippen molar-refractivity contribution in [2.75, 3.05) is 31.1 Å². The Morgan fingerprint density at radius 2 is 1.95 bits per heavy atom. The van der Waals surface area contributed by atoms with Gasteiger partial charge in [0.05, 0.1) is 4.92 Å². The molecule has 1 saturated heterocycles. The number of pyridine rings is 1. The maximum absolute atomic E-state index is 12.7. The summed E-state index contributed by atoms with van der Waals surface area (Å²) in [5.74, 6) is -0.925. The Morgan fingerprint density at radius 1 is 1.33 bits per heavy atom. The number of halogens is 3. The lowest BCUT2D eigenvalue weighted by atomic mass is 10.3. The van der Waals surface area contributed by atoms with Gasteiger partial charge in [0.1, 0.15) is 12.0 Å². The second-order valence-corrected chi connectivity index (χ2v) is 4.88. The lowest BCUT2D eigenvalue weighted by Crippen LogP contribution is -2.52. The first kappa shape index (κ1) is 15.4. The Kier molecular flexibility index (Phi) is 4.21. The zero-order valence-corrected chi connectivity index (χ0v) is 11.5. The van der Waals surface area contributed by atoms with Gasteiger partial charge in [-0.3, -0.25) is 14.9 Å². The molecule has 0 bridgehead atoms. The van der Waals surface area contributed by atoms with Gasteiger partial charge in [0.2, 0.25) is 0 Å². The third kappa shape index (κ3) is 3.54. The van der Waals surface area contributed by atoms with Crippen molar-refractivity contribution in [2.24, 2.45) is 0 Å². The summed E-state index contributed by atoms with van der Waals surface area (Å²) < 4.78 is 25.4. The minimum Gasteiger partial charge on any atom is -0.353 e. The molecule has 0 radical (unpaired) electrons. The van der Waals surface area contributed by atoms with Crippen molar-refractivity contribution < 1.29 is 18.5 Å². The lowest BCUT2D eigenvalue weighted by Gasteiger charge is -2.35. The second-order valence-electron chi connectivity index (χ2n) is 4.41. The molecule has 0 saturated carbocycles. The second kappa shape index (κ2) is 5.76. The van der Waals surface area contributed by atoms with Gasteiger partial charge in [-0.1, -0.05) is 0 Å². The molecule has 1 aliphatic heterocycles. The Labute approximate surface area is 123 Å². The maximum Gasteiger partial charge on any atom is 0.399 e. The molecule has 114 valence electrons. The number of rotatable bonds is 3. The molecule has 2 heterocycles. The quantitative estimate of drug-likeness (QED) is 0.478. The molecule has 1 fully saturated rings. The van der Waals surface area contributed by atoms with Crippen LogP contribution in [0.1, 0.15) is 0 Å². The fraction of sp³-hybridized carbons (Fsp3) is 0.455. The molecule has 0 aliphatic carbocycles. The number of alkyl halides is 3. The smallest absolute Gasteiger partial charge is 0.353 e. The molecule has 7 nitrogen and oxygen atoms in total. The van der Waals surface area contributed by atoms with Crippen LogP contribution in [0.5, 0.6) is 0 Å². The van der Waals surface area contributed by atoms with Crippen LogP contribution in [0.25, 0.3) is 0 Å². The van der Waals surface area contributed by atoms with Crippen LogP contribution in [0.2, 0.25) is 0 Å². The van der Waals surface area contributed by atoms with Crippen LogP contribution in [-0.2, 0) is 4.79 Å². The summed E-state index contributed by atoms with van der Waals surface area (Å²) in [6.45, 7) is 0.757. The van der Waals surface area contributed by atoms with Crippen molar-refractivity contribution in [1.82, 2.24) is 9.88 Å². The van der Waals surface area contributed by atoms with E-state index in [0.29, 0.717) is 18.9 Å². The number of nitro groups is 1. The summed E-state index contributed by atoms with van der Waals surface area (Å²) in [6, 6.07) is 2.79. The number of nitrogens with zero attached hydrogens (tertiary/aromatic N) is 4. The molecule has 1 aromatic heterocycles. The third-order valence-corrected chi connectivity index (χ3v) is 3.24. The molecule has 2 rings (SSSR count). The van der Waals surface area contributed by atoms with Gasteiger partial charge in [-0.25, -0.2) is 4.98 Å². The maximum atomic E-state index is 12.7. The number of anilines is 1. The normalized spacial score (nSPS) is 16.0. The van der Waals surface area contributed by atoms with Crippen LogP contribution < -0.4 is 4.90 Å². The highest BCUT2D eigenvalue weighted by Gasteiger charge is 2.40. The van der Waals surface area contributed by atoms with E-state index >= 15 is 0 Å². The molecule has 1 amide bonds. The van der Waals surface area contributed by atoms with Crippen LogP contribution >= 0.6 is 11.6 Å². The molecule has 10 heteroatoms. The monoisotopic (exact) mass is 320 g/mol. The zero-order chi connectivity index (χ0) is 15.6. The fourth-order valence-corrected chi connectivity index (χ4v) is 2.11. The van der Waals surface area contributed by atoms with E-state index in [1.807, 2.05) is 0 Å². The topological polar surface area (TPSA) is 79.6 Å². The third-order valence-electron chi connectivity index (χ3n) is 3.08. The van der Waals surface area contributed by atoms with Crippen molar-refractivity contribution in [3.8, 4) is 0 Å². The molecule has 0 N–H and O–H groups in total. The molecule has 0 aromatic carbocycles. The molecule has 1 aliphatic rings. The van der Waals surface area contributed by atoms with Crippen LogP contribution in [0.3, 0.4) is 0 Å². The van der Waals surface area contributed by atoms with Gasteiger partial charge in [-0.05, 0) is 17.7 Å². The Morgan fingerprint density at radius 3 is 2.38 bits per heavy atom. The number of aromatic nitrogens is 1. The number of amides is 1. The van der Waals surface area contributed by atoms with Crippen molar-refractivity contribution in [1.29, 1.82) is 0 Å². The van der Waals surface area contributed by atoms with Crippen molar-refractivity contribution in [2.45, 2.75) is 5.38 Å². The van der Waals surface area contributed by atoms with Crippen LogP contribution in [0.15, 0.2) is 18.3 Å². The number of piperazine rings is 1. The van der Waals surface area contributed by atoms with Gasteiger partial charge >= 0.3 is 11.3 Å². The minimum absolute atomic E-state index is 0.0831. The van der Waals surface area contributed by atoms with E-state index in [4.69, 9.17) is 11.6 Å². The predicted octanol–water partition coefficient (Wildman–Crippen LogP) is 1.47. The summed E-state index contributed by atoms with van der Waals surface area (Å²) in [4.78, 5) is 28.0. The molecule has 0 spiro atoms. The summed E-state index contributed by atoms with van der Waals surface area (Å²) in [6.07, 6.45) is 1.12. The molecule has 21 heavy (non-hydrogen) atoms. The molecule has 1 aromatic rings. The van der Waals surface area contributed by atoms with Crippen LogP contribution in [0, 0.1) is 10.1 Å². The fourth-order valence-electron chi connectivity index (χ4n) is 1.99. The van der Waals surface area contributed by atoms with E-state index in [2.05, 4.69) is 4.98 Å². The Bertz CT molecular complexity index is 541. The molecule has 0 atom stereocenters. The van der Waals surface area contributed by atoms with Gasteiger partial charge in [0, 0.05) is 32.2 Å². The molecular formula is C11H11ClF2N4O3. The average molecular weight is 321 g/mol. The van der Waals surface area contributed by atoms with Gasteiger partial charge < -0.3 is 9.80 Å². The first-order valence-corrected chi connectivity index (χ1v) is 6.38. The van der Waals surface area contributed by atoms with E-state index in [1.54, 1.807) is 4.90 Å². The van der Waals surface area contributed by atoms with Crippen LogP contribution in [0.4, 0.5) is 20.3 Å². The van der Waals surface area contributed by atoms with E-state index in [-0.39, 0.29) is 18.8 Å². The standard InChI is InChI=1S/C11H11ClF2N4O3/c12-11(13,14)10(19)17-5-3-16(4-6-17)9-2-1-8(7-15-9)18(20)21/h1-2,7H,3-6H2. The molecular weight excluding hydrogens is 310 g/mol. The average Bonchev–Trinajstić information content (AvgIpc) is 2.46. The zero-order valence-electron chi connectivity index (χ0n) is 10.7. The number of hydrogen-bond acceptors (Lipinski definition) is 5. The highest BCUT2D eigenvalue weighted by molar-refractivity contribution is 6.32. The highest BCUT2D eigenvalue weighted by atomic mass is 35.5. The predicted molar refractivity (Wildman–Crippen MR) is 70.5 cm³/mol.